The number of rotatable bonds is 3. The first-order valence-electron chi connectivity index (χ1n) is 7.08. The summed E-state index contributed by atoms with van der Waals surface area (Å²) < 4.78 is 5.18. The molecule has 0 N–H and O–H groups in total. The summed E-state index contributed by atoms with van der Waals surface area (Å²) >= 11 is 0. The van der Waals surface area contributed by atoms with E-state index in [2.05, 4.69) is 18.2 Å². The maximum Gasteiger partial charge on any atom is 0.246 e. The molecular weight excluding hydrogens is 262 g/mol. The van der Waals surface area contributed by atoms with E-state index in [1.54, 1.807) is 24.5 Å². The summed E-state index contributed by atoms with van der Waals surface area (Å²) in [7, 11) is 0. The first kappa shape index (κ1) is 13.4. The van der Waals surface area contributed by atoms with E-state index in [9.17, 15) is 4.79 Å². The van der Waals surface area contributed by atoms with Gasteiger partial charge in [0, 0.05) is 19.2 Å². The van der Waals surface area contributed by atoms with Crippen molar-refractivity contribution in [2.75, 3.05) is 13.1 Å². The molecule has 1 aliphatic rings. The Bertz CT molecular complexity index is 654. The fourth-order valence-electron chi connectivity index (χ4n) is 2.43. The van der Waals surface area contributed by atoms with Crippen LogP contribution in [0.1, 0.15) is 17.7 Å². The molecular formula is C18H17NO2. The largest absolute Gasteiger partial charge is 0.465 e. The molecule has 3 rings (SSSR count). The van der Waals surface area contributed by atoms with E-state index in [0.717, 1.165) is 13.0 Å². The Labute approximate surface area is 124 Å². The molecule has 0 unspecified atom stereocenters. The van der Waals surface area contributed by atoms with Crippen LogP contribution in [0.3, 0.4) is 0 Å². The predicted molar refractivity (Wildman–Crippen MR) is 83.4 cm³/mol. The molecule has 106 valence electrons. The van der Waals surface area contributed by atoms with Gasteiger partial charge in [-0.3, -0.25) is 4.79 Å². The van der Waals surface area contributed by atoms with Crippen LogP contribution < -0.4 is 0 Å². The number of nitrogens with zero attached hydrogens (tertiary/aromatic N) is 1. The molecule has 1 aromatic carbocycles. The molecule has 0 saturated carbocycles. The van der Waals surface area contributed by atoms with Crippen molar-refractivity contribution in [3.8, 4) is 0 Å². The number of furan rings is 1. The lowest BCUT2D eigenvalue weighted by atomic mass is 9.99. The molecule has 0 saturated heterocycles. The summed E-state index contributed by atoms with van der Waals surface area (Å²) in [5.74, 6) is 0.718. The van der Waals surface area contributed by atoms with Gasteiger partial charge in [-0.2, -0.15) is 0 Å². The lowest BCUT2D eigenvalue weighted by Crippen LogP contribution is -2.33. The molecule has 3 heteroatoms. The van der Waals surface area contributed by atoms with Crippen molar-refractivity contribution < 1.29 is 9.21 Å². The number of carbonyl (C=O) groups excluding carboxylic acids is 1. The molecule has 0 aliphatic carbocycles. The molecule has 1 aromatic heterocycles. The van der Waals surface area contributed by atoms with Crippen molar-refractivity contribution in [1.82, 2.24) is 4.90 Å². The minimum Gasteiger partial charge on any atom is -0.465 e. The molecule has 2 aromatic rings. The molecule has 0 bridgehead atoms. The standard InChI is InChI=1S/C18H17NO2/c20-18(9-8-17-7-4-14-21-17)19-12-10-16(11-13-19)15-5-2-1-3-6-15/h1-10,14H,11-13H2. The van der Waals surface area contributed by atoms with Gasteiger partial charge in [-0.1, -0.05) is 36.4 Å². The summed E-state index contributed by atoms with van der Waals surface area (Å²) in [6, 6.07) is 14.0. The van der Waals surface area contributed by atoms with E-state index >= 15 is 0 Å². The van der Waals surface area contributed by atoms with Crippen LogP contribution in [0.25, 0.3) is 11.6 Å². The van der Waals surface area contributed by atoms with Gasteiger partial charge in [0.1, 0.15) is 5.76 Å². The van der Waals surface area contributed by atoms with Crippen LogP contribution in [0.4, 0.5) is 0 Å². The zero-order valence-corrected chi connectivity index (χ0v) is 11.7. The number of hydrogen-bond acceptors (Lipinski definition) is 2. The molecule has 0 spiro atoms. The smallest absolute Gasteiger partial charge is 0.246 e. The van der Waals surface area contributed by atoms with E-state index in [-0.39, 0.29) is 5.91 Å². The lowest BCUT2D eigenvalue weighted by Gasteiger charge is -2.25. The zero-order valence-electron chi connectivity index (χ0n) is 11.7. The summed E-state index contributed by atoms with van der Waals surface area (Å²) in [6.45, 7) is 1.41. The predicted octanol–water partition coefficient (Wildman–Crippen LogP) is 3.61. The first-order valence-corrected chi connectivity index (χ1v) is 7.08. The van der Waals surface area contributed by atoms with Crippen LogP contribution in [0, 0.1) is 0 Å². The van der Waals surface area contributed by atoms with Crippen molar-refractivity contribution >= 4 is 17.6 Å². The quantitative estimate of drug-likeness (QED) is 0.804. The minimum atomic E-state index is 0.0229. The normalized spacial score (nSPS) is 15.2. The van der Waals surface area contributed by atoms with Gasteiger partial charge in [0.2, 0.25) is 5.91 Å². The SMILES string of the molecule is O=C(C=Cc1ccco1)N1CC=C(c2ccccc2)CC1. The van der Waals surface area contributed by atoms with E-state index in [1.165, 1.54) is 11.1 Å². The van der Waals surface area contributed by atoms with Gasteiger partial charge >= 0.3 is 0 Å². The van der Waals surface area contributed by atoms with Crippen molar-refractivity contribution in [1.29, 1.82) is 0 Å². The van der Waals surface area contributed by atoms with Gasteiger partial charge in [-0.05, 0) is 35.8 Å². The Balaban J connectivity index is 1.62. The van der Waals surface area contributed by atoms with E-state index in [1.807, 2.05) is 29.2 Å². The maximum atomic E-state index is 12.1. The summed E-state index contributed by atoms with van der Waals surface area (Å²) in [5, 5.41) is 0. The third-order valence-electron chi connectivity index (χ3n) is 3.60. The van der Waals surface area contributed by atoms with Gasteiger partial charge in [0.05, 0.1) is 6.26 Å². The van der Waals surface area contributed by atoms with Crippen LogP contribution in [0.2, 0.25) is 0 Å². The molecule has 1 aliphatic heterocycles. The summed E-state index contributed by atoms with van der Waals surface area (Å²) in [4.78, 5) is 13.9. The topological polar surface area (TPSA) is 33.5 Å². The van der Waals surface area contributed by atoms with Gasteiger partial charge in [-0.25, -0.2) is 0 Å². The van der Waals surface area contributed by atoms with E-state index < -0.39 is 0 Å². The second-order valence-corrected chi connectivity index (χ2v) is 4.98. The average Bonchev–Trinajstić information content (AvgIpc) is 3.07. The maximum absolute atomic E-state index is 12.1. The Hall–Kier alpha value is -2.55. The Kier molecular flexibility index (Phi) is 4.01. The zero-order chi connectivity index (χ0) is 14.5. The second kappa shape index (κ2) is 6.27. The Morgan fingerprint density at radius 3 is 2.67 bits per heavy atom. The third-order valence-corrected chi connectivity index (χ3v) is 3.60. The molecule has 3 nitrogen and oxygen atoms in total. The van der Waals surface area contributed by atoms with E-state index in [4.69, 9.17) is 4.42 Å². The minimum absolute atomic E-state index is 0.0229. The monoisotopic (exact) mass is 279 g/mol. The van der Waals surface area contributed by atoms with Crippen molar-refractivity contribution in [3.63, 3.8) is 0 Å². The second-order valence-electron chi connectivity index (χ2n) is 4.98. The highest BCUT2D eigenvalue weighted by atomic mass is 16.3. The number of amides is 1. The van der Waals surface area contributed by atoms with Gasteiger partial charge in [-0.15, -0.1) is 0 Å². The van der Waals surface area contributed by atoms with Crippen LogP contribution in [0.5, 0.6) is 0 Å². The Morgan fingerprint density at radius 2 is 2.00 bits per heavy atom. The van der Waals surface area contributed by atoms with Crippen molar-refractivity contribution in [3.05, 3.63) is 72.2 Å². The van der Waals surface area contributed by atoms with Crippen LogP contribution >= 0.6 is 0 Å². The highest BCUT2D eigenvalue weighted by Crippen LogP contribution is 2.22. The van der Waals surface area contributed by atoms with Gasteiger partial charge in [0.15, 0.2) is 0 Å². The molecule has 2 heterocycles. The fraction of sp³-hybridized carbons (Fsp3) is 0.167. The molecule has 0 atom stereocenters. The highest BCUT2D eigenvalue weighted by molar-refractivity contribution is 5.92. The number of carbonyl (C=O) groups is 1. The van der Waals surface area contributed by atoms with Gasteiger partial charge < -0.3 is 9.32 Å². The summed E-state index contributed by atoms with van der Waals surface area (Å²) in [6.07, 6.45) is 7.90. The molecule has 0 radical (unpaired) electrons. The highest BCUT2D eigenvalue weighted by Gasteiger charge is 2.15. The summed E-state index contributed by atoms with van der Waals surface area (Å²) in [5.41, 5.74) is 2.56. The van der Waals surface area contributed by atoms with Crippen molar-refractivity contribution in [2.45, 2.75) is 6.42 Å². The average molecular weight is 279 g/mol. The lowest BCUT2D eigenvalue weighted by molar-refractivity contribution is -0.125. The molecule has 1 amide bonds. The van der Waals surface area contributed by atoms with E-state index in [0.29, 0.717) is 12.3 Å². The van der Waals surface area contributed by atoms with Crippen molar-refractivity contribution in [2.24, 2.45) is 0 Å². The third kappa shape index (κ3) is 3.31. The van der Waals surface area contributed by atoms with Gasteiger partial charge in [0.25, 0.3) is 0 Å². The molecule has 0 fully saturated rings. The fourth-order valence-corrected chi connectivity index (χ4v) is 2.43. The van der Waals surface area contributed by atoms with Crippen LogP contribution in [-0.2, 0) is 4.79 Å². The molecule has 21 heavy (non-hydrogen) atoms. The number of hydrogen-bond donors (Lipinski definition) is 0. The Morgan fingerprint density at radius 1 is 1.14 bits per heavy atom. The van der Waals surface area contributed by atoms with Crippen LogP contribution in [-0.4, -0.2) is 23.9 Å². The number of benzene rings is 1. The first-order chi connectivity index (χ1) is 10.3. The van der Waals surface area contributed by atoms with Crippen LogP contribution in [0.15, 0.2) is 65.3 Å².